The van der Waals surface area contributed by atoms with Gasteiger partial charge in [0.15, 0.2) is 11.5 Å². The number of amides is 2. The lowest BCUT2D eigenvalue weighted by molar-refractivity contribution is -0.126. The molecule has 4 rings (SSSR count). The molecule has 2 aromatic rings. The average molecular weight is 382 g/mol. The van der Waals surface area contributed by atoms with Gasteiger partial charge in [0.2, 0.25) is 18.6 Å². The van der Waals surface area contributed by atoms with Crippen molar-refractivity contribution in [2.75, 3.05) is 24.8 Å². The van der Waals surface area contributed by atoms with Gasteiger partial charge < -0.3 is 24.4 Å². The fourth-order valence-corrected chi connectivity index (χ4v) is 3.46. The topological polar surface area (TPSA) is 77.1 Å². The number of rotatable bonds is 6. The van der Waals surface area contributed by atoms with Crippen molar-refractivity contribution in [1.29, 1.82) is 0 Å². The maximum Gasteiger partial charge on any atom is 0.231 e. The molecule has 2 amide bonds. The summed E-state index contributed by atoms with van der Waals surface area (Å²) < 4.78 is 16.3. The largest absolute Gasteiger partial charge is 0.492 e. The van der Waals surface area contributed by atoms with E-state index in [1.54, 1.807) is 4.90 Å². The van der Waals surface area contributed by atoms with Gasteiger partial charge in [-0.1, -0.05) is 18.2 Å². The predicted octanol–water partition coefficient (Wildman–Crippen LogP) is 2.48. The molecule has 1 N–H and O–H groups in total. The highest BCUT2D eigenvalue weighted by Crippen LogP contribution is 2.34. The van der Waals surface area contributed by atoms with E-state index in [2.05, 4.69) is 5.32 Å². The summed E-state index contributed by atoms with van der Waals surface area (Å²) in [4.78, 5) is 26.8. The molecule has 2 aliphatic heterocycles. The van der Waals surface area contributed by atoms with Gasteiger partial charge >= 0.3 is 0 Å². The fraction of sp³-hybridized carbons (Fsp3) is 0.333. The summed E-state index contributed by atoms with van der Waals surface area (Å²) in [7, 11) is 0. The van der Waals surface area contributed by atoms with E-state index in [1.807, 2.05) is 49.4 Å². The van der Waals surface area contributed by atoms with Crippen molar-refractivity contribution in [3.63, 3.8) is 0 Å². The van der Waals surface area contributed by atoms with Crippen LogP contribution in [0.25, 0.3) is 0 Å². The first-order valence-corrected chi connectivity index (χ1v) is 9.34. The number of hydrogen-bond donors (Lipinski definition) is 1. The molecule has 0 saturated carbocycles. The highest BCUT2D eigenvalue weighted by molar-refractivity contribution is 6.01. The molecule has 28 heavy (non-hydrogen) atoms. The van der Waals surface area contributed by atoms with Crippen LogP contribution in [0, 0.1) is 5.92 Å². The number of anilines is 1. The summed E-state index contributed by atoms with van der Waals surface area (Å²) in [5.41, 5.74) is 1.63. The summed E-state index contributed by atoms with van der Waals surface area (Å²) in [6.45, 7) is 3.34. The average Bonchev–Trinajstić information content (AvgIpc) is 3.33. The Bertz CT molecular complexity index is 898. The Morgan fingerprint density at radius 1 is 1.21 bits per heavy atom. The maximum absolute atomic E-state index is 12.6. The Kier molecular flexibility index (Phi) is 5.06. The number of carbonyl (C=O) groups is 2. The van der Waals surface area contributed by atoms with Crippen LogP contribution in [0.15, 0.2) is 42.5 Å². The second kappa shape index (κ2) is 7.80. The fourth-order valence-electron chi connectivity index (χ4n) is 3.46. The van der Waals surface area contributed by atoms with Crippen molar-refractivity contribution < 1.29 is 23.8 Å². The molecule has 2 heterocycles. The summed E-state index contributed by atoms with van der Waals surface area (Å²) >= 11 is 0. The smallest absolute Gasteiger partial charge is 0.231 e. The standard InChI is InChI=1S/C21H22N2O5/c1-2-26-17-6-4-3-5-16(17)23-12-15(10-20(23)24)21(25)22-11-14-7-8-18-19(9-14)28-13-27-18/h3-9,15H,2,10-13H2,1H3,(H,22,25)/t15-/m1/s1. The van der Waals surface area contributed by atoms with Crippen molar-refractivity contribution in [3.05, 3.63) is 48.0 Å². The zero-order valence-electron chi connectivity index (χ0n) is 15.6. The molecule has 2 aromatic carbocycles. The number of ether oxygens (including phenoxy) is 3. The number of benzene rings is 2. The second-order valence-corrected chi connectivity index (χ2v) is 6.71. The first-order valence-electron chi connectivity index (χ1n) is 9.34. The van der Waals surface area contributed by atoms with Crippen LogP contribution in [-0.2, 0) is 16.1 Å². The van der Waals surface area contributed by atoms with Gasteiger partial charge in [-0.3, -0.25) is 9.59 Å². The second-order valence-electron chi connectivity index (χ2n) is 6.71. The van der Waals surface area contributed by atoms with E-state index < -0.39 is 5.92 Å². The van der Waals surface area contributed by atoms with Gasteiger partial charge in [0, 0.05) is 19.5 Å². The molecule has 1 fully saturated rings. The molecule has 0 aromatic heterocycles. The van der Waals surface area contributed by atoms with E-state index in [0.29, 0.717) is 42.6 Å². The predicted molar refractivity (Wildman–Crippen MR) is 102 cm³/mol. The minimum absolute atomic E-state index is 0.0737. The quantitative estimate of drug-likeness (QED) is 0.831. The SMILES string of the molecule is CCOc1ccccc1N1C[C@H](C(=O)NCc2ccc3c(c2)OCO3)CC1=O. The lowest BCUT2D eigenvalue weighted by Gasteiger charge is -2.20. The molecule has 7 nitrogen and oxygen atoms in total. The van der Waals surface area contributed by atoms with E-state index in [4.69, 9.17) is 14.2 Å². The maximum atomic E-state index is 12.6. The lowest BCUT2D eigenvalue weighted by atomic mass is 10.1. The van der Waals surface area contributed by atoms with Crippen LogP contribution in [0.5, 0.6) is 17.2 Å². The number of hydrogen-bond acceptors (Lipinski definition) is 5. The van der Waals surface area contributed by atoms with Crippen molar-refractivity contribution in [2.24, 2.45) is 5.92 Å². The first-order chi connectivity index (χ1) is 13.7. The molecule has 0 aliphatic carbocycles. The minimum Gasteiger partial charge on any atom is -0.492 e. The van der Waals surface area contributed by atoms with E-state index in [9.17, 15) is 9.59 Å². The van der Waals surface area contributed by atoms with Crippen LogP contribution in [0.4, 0.5) is 5.69 Å². The van der Waals surface area contributed by atoms with Crippen molar-refractivity contribution in [3.8, 4) is 17.2 Å². The summed E-state index contributed by atoms with van der Waals surface area (Å²) in [5, 5.41) is 2.92. The molecular weight excluding hydrogens is 360 g/mol. The molecule has 1 atom stereocenters. The molecule has 0 spiro atoms. The molecular formula is C21H22N2O5. The highest BCUT2D eigenvalue weighted by Gasteiger charge is 2.36. The van der Waals surface area contributed by atoms with Crippen LogP contribution >= 0.6 is 0 Å². The molecule has 1 saturated heterocycles. The summed E-state index contributed by atoms with van der Waals surface area (Å²) in [6, 6.07) is 13.0. The lowest BCUT2D eigenvalue weighted by Crippen LogP contribution is -2.32. The van der Waals surface area contributed by atoms with Crippen LogP contribution in [0.1, 0.15) is 18.9 Å². The van der Waals surface area contributed by atoms with Crippen molar-refractivity contribution in [2.45, 2.75) is 19.9 Å². The molecule has 0 bridgehead atoms. The molecule has 7 heteroatoms. The molecule has 0 unspecified atom stereocenters. The minimum atomic E-state index is -0.392. The Morgan fingerprint density at radius 2 is 2.04 bits per heavy atom. The number of fused-ring (bicyclic) bond motifs is 1. The number of nitrogens with zero attached hydrogens (tertiary/aromatic N) is 1. The first kappa shape index (κ1) is 18.2. The third-order valence-corrected chi connectivity index (χ3v) is 4.86. The van der Waals surface area contributed by atoms with Gasteiger partial charge in [-0.15, -0.1) is 0 Å². The monoisotopic (exact) mass is 382 g/mol. The number of para-hydroxylation sites is 2. The van der Waals surface area contributed by atoms with Crippen LogP contribution < -0.4 is 24.4 Å². The van der Waals surface area contributed by atoms with E-state index in [1.165, 1.54) is 0 Å². The third kappa shape index (κ3) is 3.60. The van der Waals surface area contributed by atoms with Gasteiger partial charge in [-0.05, 0) is 36.8 Å². The number of nitrogens with one attached hydrogen (secondary N) is 1. The number of carbonyl (C=O) groups excluding carboxylic acids is 2. The van der Waals surface area contributed by atoms with Crippen molar-refractivity contribution in [1.82, 2.24) is 5.32 Å². The Morgan fingerprint density at radius 3 is 2.89 bits per heavy atom. The molecule has 0 radical (unpaired) electrons. The Balaban J connectivity index is 1.39. The zero-order chi connectivity index (χ0) is 19.5. The summed E-state index contributed by atoms with van der Waals surface area (Å²) in [6.07, 6.45) is 0.188. The summed E-state index contributed by atoms with van der Waals surface area (Å²) in [5.74, 6) is 1.44. The highest BCUT2D eigenvalue weighted by atomic mass is 16.7. The van der Waals surface area contributed by atoms with Gasteiger partial charge in [-0.2, -0.15) is 0 Å². The van der Waals surface area contributed by atoms with Crippen LogP contribution in [0.2, 0.25) is 0 Å². The Hall–Kier alpha value is -3.22. The van der Waals surface area contributed by atoms with Gasteiger partial charge in [-0.25, -0.2) is 0 Å². The van der Waals surface area contributed by atoms with Crippen LogP contribution in [-0.4, -0.2) is 31.8 Å². The van der Waals surface area contributed by atoms with Crippen LogP contribution in [0.3, 0.4) is 0 Å². The zero-order valence-corrected chi connectivity index (χ0v) is 15.6. The van der Waals surface area contributed by atoms with Gasteiger partial charge in [0.1, 0.15) is 5.75 Å². The third-order valence-electron chi connectivity index (χ3n) is 4.86. The van der Waals surface area contributed by atoms with Gasteiger partial charge in [0.25, 0.3) is 0 Å². The van der Waals surface area contributed by atoms with E-state index in [0.717, 1.165) is 5.56 Å². The van der Waals surface area contributed by atoms with Gasteiger partial charge in [0.05, 0.1) is 18.2 Å². The Labute approximate surface area is 163 Å². The van der Waals surface area contributed by atoms with E-state index >= 15 is 0 Å². The van der Waals surface area contributed by atoms with E-state index in [-0.39, 0.29) is 25.0 Å². The van der Waals surface area contributed by atoms with Crippen molar-refractivity contribution >= 4 is 17.5 Å². The normalized spacial score (nSPS) is 17.7. The molecule has 146 valence electrons. The molecule has 2 aliphatic rings.